The van der Waals surface area contributed by atoms with E-state index in [9.17, 15) is 10.1 Å². The topological polar surface area (TPSA) is 84.7 Å². The van der Waals surface area contributed by atoms with Crippen LogP contribution in [-0.4, -0.2) is 14.7 Å². The number of nitriles is 1. The number of non-ortho nitro benzene ring substituents is 1. The minimum absolute atomic E-state index is 0.136. The molecule has 0 bridgehead atoms. The Morgan fingerprint density at radius 3 is 2.82 bits per heavy atom. The van der Waals surface area contributed by atoms with Crippen LogP contribution in [0.3, 0.4) is 0 Å². The number of benzene rings is 1. The molecule has 0 spiro atoms. The summed E-state index contributed by atoms with van der Waals surface area (Å²) in [5.41, 5.74) is 0.479. The molecule has 0 saturated heterocycles. The molecule has 0 N–H and O–H groups in total. The number of halogens is 1. The lowest BCUT2D eigenvalue weighted by Gasteiger charge is -2.02. The number of aromatic nitrogens is 2. The molecule has 0 aliphatic carbocycles. The molecule has 0 saturated carbocycles. The lowest BCUT2D eigenvalue weighted by Crippen LogP contribution is -1.99. The van der Waals surface area contributed by atoms with Gasteiger partial charge in [-0.2, -0.15) is 10.4 Å². The molecule has 1 aromatic heterocycles. The summed E-state index contributed by atoms with van der Waals surface area (Å²) in [5, 5.41) is 23.9. The number of nitrogens with zero attached hydrogens (tertiary/aromatic N) is 4. The van der Waals surface area contributed by atoms with Crippen LogP contribution in [-0.2, 0) is 0 Å². The fourth-order valence-electron chi connectivity index (χ4n) is 1.36. The number of rotatable bonds is 2. The minimum atomic E-state index is -0.555. The van der Waals surface area contributed by atoms with E-state index in [-0.39, 0.29) is 11.3 Å². The molecular formula is C10H5ClN4O2. The predicted octanol–water partition coefficient (Wildman–Crippen LogP) is 2.31. The van der Waals surface area contributed by atoms with Crippen molar-refractivity contribution in [3.05, 3.63) is 51.3 Å². The molecule has 17 heavy (non-hydrogen) atoms. The summed E-state index contributed by atoms with van der Waals surface area (Å²) in [5.74, 6) is 0. The van der Waals surface area contributed by atoms with Crippen LogP contribution >= 0.6 is 11.6 Å². The van der Waals surface area contributed by atoms with Crippen molar-refractivity contribution in [2.45, 2.75) is 0 Å². The quantitative estimate of drug-likeness (QED) is 0.603. The van der Waals surface area contributed by atoms with Gasteiger partial charge in [0.05, 0.1) is 27.4 Å². The van der Waals surface area contributed by atoms with Crippen molar-refractivity contribution >= 4 is 17.3 Å². The maximum Gasteiger partial charge on any atom is 0.270 e. The van der Waals surface area contributed by atoms with Crippen molar-refractivity contribution in [2.24, 2.45) is 0 Å². The maximum atomic E-state index is 10.6. The summed E-state index contributed by atoms with van der Waals surface area (Å²) in [6.45, 7) is 0. The largest absolute Gasteiger partial charge is 0.270 e. The van der Waals surface area contributed by atoms with Crippen molar-refractivity contribution in [2.75, 3.05) is 0 Å². The second-order valence-electron chi connectivity index (χ2n) is 3.17. The Morgan fingerprint density at radius 2 is 2.29 bits per heavy atom. The second-order valence-corrected chi connectivity index (χ2v) is 3.61. The van der Waals surface area contributed by atoms with Gasteiger partial charge in [-0.25, -0.2) is 4.68 Å². The number of hydrogen-bond acceptors (Lipinski definition) is 4. The first-order valence-electron chi connectivity index (χ1n) is 4.51. The SMILES string of the molecule is N#Cc1cc([N+](=O)[O-])ccc1-n1cc(Cl)cn1. The molecule has 1 aromatic carbocycles. The normalized spacial score (nSPS) is 9.88. The fourth-order valence-corrected chi connectivity index (χ4v) is 1.50. The number of nitro benzene ring substituents is 1. The molecule has 1 heterocycles. The number of hydrogen-bond donors (Lipinski definition) is 0. The number of nitro groups is 1. The Balaban J connectivity index is 2.56. The average molecular weight is 249 g/mol. The Labute approximate surface area is 101 Å². The van der Waals surface area contributed by atoms with E-state index in [1.165, 1.54) is 35.3 Å². The highest BCUT2D eigenvalue weighted by Gasteiger charge is 2.12. The average Bonchev–Trinajstić information content (AvgIpc) is 2.74. The molecular weight excluding hydrogens is 244 g/mol. The zero-order valence-electron chi connectivity index (χ0n) is 8.37. The monoisotopic (exact) mass is 248 g/mol. The summed E-state index contributed by atoms with van der Waals surface area (Å²) in [6, 6.07) is 5.86. The van der Waals surface area contributed by atoms with Gasteiger partial charge in [0.15, 0.2) is 0 Å². The molecule has 2 aromatic rings. The molecule has 0 aliphatic heterocycles. The van der Waals surface area contributed by atoms with Crippen LogP contribution in [0.15, 0.2) is 30.6 Å². The third kappa shape index (κ3) is 2.09. The van der Waals surface area contributed by atoms with Crippen LogP contribution in [0.1, 0.15) is 5.56 Å². The van der Waals surface area contributed by atoms with Crippen molar-refractivity contribution in [1.29, 1.82) is 5.26 Å². The zero-order chi connectivity index (χ0) is 12.4. The van der Waals surface area contributed by atoms with E-state index in [0.29, 0.717) is 10.7 Å². The first-order valence-corrected chi connectivity index (χ1v) is 4.88. The summed E-state index contributed by atoms with van der Waals surface area (Å²) in [4.78, 5) is 10.0. The highest BCUT2D eigenvalue weighted by Crippen LogP contribution is 2.21. The summed E-state index contributed by atoms with van der Waals surface area (Å²) < 4.78 is 1.39. The van der Waals surface area contributed by atoms with Crippen LogP contribution in [0.4, 0.5) is 5.69 Å². The highest BCUT2D eigenvalue weighted by atomic mass is 35.5. The van der Waals surface area contributed by atoms with E-state index < -0.39 is 4.92 Å². The predicted molar refractivity (Wildman–Crippen MR) is 59.9 cm³/mol. The van der Waals surface area contributed by atoms with Gasteiger partial charge in [0, 0.05) is 18.3 Å². The first-order chi connectivity index (χ1) is 8.11. The summed E-state index contributed by atoms with van der Waals surface area (Å²) in [7, 11) is 0. The van der Waals surface area contributed by atoms with Gasteiger partial charge in [0.2, 0.25) is 0 Å². The van der Waals surface area contributed by atoms with E-state index in [4.69, 9.17) is 16.9 Å². The van der Waals surface area contributed by atoms with Crippen molar-refractivity contribution < 1.29 is 4.92 Å². The molecule has 6 nitrogen and oxygen atoms in total. The van der Waals surface area contributed by atoms with Crippen molar-refractivity contribution in [3.8, 4) is 11.8 Å². The van der Waals surface area contributed by atoms with Gasteiger partial charge < -0.3 is 0 Å². The van der Waals surface area contributed by atoms with E-state index in [1.807, 2.05) is 6.07 Å². The van der Waals surface area contributed by atoms with Crippen LogP contribution in [0.25, 0.3) is 5.69 Å². The Kier molecular flexibility index (Phi) is 2.77. The van der Waals surface area contributed by atoms with Gasteiger partial charge in [-0.15, -0.1) is 0 Å². The van der Waals surface area contributed by atoms with Gasteiger partial charge in [-0.3, -0.25) is 10.1 Å². The van der Waals surface area contributed by atoms with Gasteiger partial charge in [-0.1, -0.05) is 11.6 Å². The van der Waals surface area contributed by atoms with Crippen LogP contribution in [0, 0.1) is 21.4 Å². The van der Waals surface area contributed by atoms with Gasteiger partial charge in [0.1, 0.15) is 6.07 Å². The Hall–Kier alpha value is -2.39. The molecule has 0 unspecified atom stereocenters. The fraction of sp³-hybridized carbons (Fsp3) is 0. The van der Waals surface area contributed by atoms with Gasteiger partial charge in [-0.05, 0) is 6.07 Å². The molecule has 0 amide bonds. The Bertz CT molecular complexity index is 629. The highest BCUT2D eigenvalue weighted by molar-refractivity contribution is 6.30. The minimum Gasteiger partial charge on any atom is -0.258 e. The van der Waals surface area contributed by atoms with E-state index >= 15 is 0 Å². The van der Waals surface area contributed by atoms with Crippen molar-refractivity contribution in [3.63, 3.8) is 0 Å². The van der Waals surface area contributed by atoms with E-state index in [0.717, 1.165) is 0 Å². The lowest BCUT2D eigenvalue weighted by molar-refractivity contribution is -0.384. The molecule has 84 valence electrons. The first kappa shape index (κ1) is 11.1. The molecule has 0 radical (unpaired) electrons. The maximum absolute atomic E-state index is 10.6. The summed E-state index contributed by atoms with van der Waals surface area (Å²) in [6.07, 6.45) is 2.94. The molecule has 0 aliphatic rings. The lowest BCUT2D eigenvalue weighted by atomic mass is 10.2. The van der Waals surface area contributed by atoms with Crippen LogP contribution < -0.4 is 0 Å². The molecule has 0 fully saturated rings. The third-order valence-electron chi connectivity index (χ3n) is 2.11. The molecule has 2 rings (SSSR count). The van der Waals surface area contributed by atoms with Crippen molar-refractivity contribution in [1.82, 2.24) is 9.78 Å². The van der Waals surface area contributed by atoms with E-state index in [1.54, 1.807) is 0 Å². The molecule has 7 heteroatoms. The smallest absolute Gasteiger partial charge is 0.258 e. The standard InChI is InChI=1S/C10H5ClN4O2/c11-8-5-13-14(6-8)10-2-1-9(15(16)17)3-7(10)4-12/h1-3,5-6H. The second kappa shape index (κ2) is 4.23. The summed E-state index contributed by atoms with van der Waals surface area (Å²) >= 11 is 5.71. The van der Waals surface area contributed by atoms with Gasteiger partial charge >= 0.3 is 0 Å². The zero-order valence-corrected chi connectivity index (χ0v) is 9.13. The Morgan fingerprint density at radius 1 is 1.53 bits per heavy atom. The van der Waals surface area contributed by atoms with Gasteiger partial charge in [0.25, 0.3) is 5.69 Å². The van der Waals surface area contributed by atoms with E-state index in [2.05, 4.69) is 5.10 Å². The van der Waals surface area contributed by atoms with Crippen LogP contribution in [0.2, 0.25) is 5.02 Å². The third-order valence-corrected chi connectivity index (χ3v) is 2.30. The molecule has 0 atom stereocenters. The van der Waals surface area contributed by atoms with Crippen LogP contribution in [0.5, 0.6) is 0 Å².